The van der Waals surface area contributed by atoms with Gasteiger partial charge in [0.05, 0.1) is 0 Å². The van der Waals surface area contributed by atoms with E-state index < -0.39 is 0 Å². The topological polar surface area (TPSA) is 9.72 Å². The Bertz CT molecular complexity index is 172. The first kappa shape index (κ1) is 13.9. The Morgan fingerprint density at radius 2 is 1.62 bits per heavy atom. The molecule has 0 saturated carbocycles. The number of unbranched alkanes of at least 4 members (excludes halogenated alkanes) is 1. The number of hydrogen-bond acceptors (Lipinski definition) is 3. The molecule has 16 heavy (non-hydrogen) atoms. The van der Waals surface area contributed by atoms with E-state index in [9.17, 15) is 0 Å². The lowest BCUT2D eigenvalue weighted by molar-refractivity contribution is 0.107. The zero-order chi connectivity index (χ0) is 12.0. The third kappa shape index (κ3) is 5.28. The molecule has 0 aromatic carbocycles. The number of nitrogens with zero attached hydrogens (tertiary/aromatic N) is 3. The van der Waals surface area contributed by atoms with E-state index in [1.54, 1.807) is 0 Å². The predicted molar refractivity (Wildman–Crippen MR) is 70.9 cm³/mol. The van der Waals surface area contributed by atoms with Crippen molar-refractivity contribution in [3.05, 3.63) is 0 Å². The van der Waals surface area contributed by atoms with Crippen LogP contribution in [0.2, 0.25) is 0 Å². The molecule has 1 aliphatic rings. The zero-order valence-corrected chi connectivity index (χ0v) is 11.6. The minimum absolute atomic E-state index is 0.718. The lowest BCUT2D eigenvalue weighted by Gasteiger charge is -2.37. The van der Waals surface area contributed by atoms with Gasteiger partial charge < -0.3 is 9.80 Å². The van der Waals surface area contributed by atoms with Gasteiger partial charge in [0.2, 0.25) is 0 Å². The molecule has 0 N–H and O–H groups in total. The van der Waals surface area contributed by atoms with Crippen LogP contribution in [0.4, 0.5) is 0 Å². The molecule has 0 spiro atoms. The summed E-state index contributed by atoms with van der Waals surface area (Å²) in [5.74, 6) is 0. The van der Waals surface area contributed by atoms with Gasteiger partial charge in [-0.25, -0.2) is 0 Å². The molecule has 0 aliphatic carbocycles. The van der Waals surface area contributed by atoms with Crippen LogP contribution in [0.1, 0.15) is 26.7 Å². The van der Waals surface area contributed by atoms with Crippen LogP contribution in [0.3, 0.4) is 0 Å². The minimum atomic E-state index is 0.718. The van der Waals surface area contributed by atoms with Gasteiger partial charge in [-0.3, -0.25) is 4.90 Å². The fraction of sp³-hybridized carbons (Fsp3) is 1.00. The van der Waals surface area contributed by atoms with Gasteiger partial charge in [0.25, 0.3) is 0 Å². The molecule has 0 amide bonds. The van der Waals surface area contributed by atoms with Gasteiger partial charge in [-0.1, -0.05) is 0 Å². The Morgan fingerprint density at radius 1 is 1.00 bits per heavy atom. The highest BCUT2D eigenvalue weighted by Gasteiger charge is 2.17. The standard InChI is InChI=1S/C13H29N3/c1-13(2)16-11-9-15(10-12-16)8-6-5-7-14(3)4/h13H,5-12H2,1-4H3. The van der Waals surface area contributed by atoms with Crippen LogP contribution in [-0.4, -0.2) is 74.1 Å². The Balaban J connectivity index is 2.04. The summed E-state index contributed by atoms with van der Waals surface area (Å²) in [7, 11) is 4.31. The van der Waals surface area contributed by atoms with Gasteiger partial charge in [-0.2, -0.15) is 0 Å². The van der Waals surface area contributed by atoms with Crippen LogP contribution in [0.5, 0.6) is 0 Å². The summed E-state index contributed by atoms with van der Waals surface area (Å²) in [6, 6.07) is 0.718. The van der Waals surface area contributed by atoms with E-state index in [0.717, 1.165) is 6.04 Å². The van der Waals surface area contributed by atoms with Crippen LogP contribution in [0.15, 0.2) is 0 Å². The van der Waals surface area contributed by atoms with Crippen LogP contribution >= 0.6 is 0 Å². The summed E-state index contributed by atoms with van der Waals surface area (Å²) in [5, 5.41) is 0. The van der Waals surface area contributed by atoms with E-state index in [1.807, 2.05) is 0 Å². The van der Waals surface area contributed by atoms with Crippen molar-refractivity contribution in [1.29, 1.82) is 0 Å². The average Bonchev–Trinajstić information content (AvgIpc) is 2.25. The summed E-state index contributed by atoms with van der Waals surface area (Å²) in [6.45, 7) is 12.2. The molecular formula is C13H29N3. The molecule has 96 valence electrons. The van der Waals surface area contributed by atoms with Crippen molar-refractivity contribution in [1.82, 2.24) is 14.7 Å². The van der Waals surface area contributed by atoms with Crippen molar-refractivity contribution in [2.75, 3.05) is 53.4 Å². The normalized spacial score (nSPS) is 19.9. The van der Waals surface area contributed by atoms with E-state index in [-0.39, 0.29) is 0 Å². The van der Waals surface area contributed by atoms with Crippen molar-refractivity contribution in [3.63, 3.8) is 0 Å². The van der Waals surface area contributed by atoms with Gasteiger partial charge in [-0.15, -0.1) is 0 Å². The summed E-state index contributed by atoms with van der Waals surface area (Å²) >= 11 is 0. The fourth-order valence-electron chi connectivity index (χ4n) is 2.27. The number of piperazine rings is 1. The van der Waals surface area contributed by atoms with Crippen LogP contribution < -0.4 is 0 Å². The van der Waals surface area contributed by atoms with E-state index in [2.05, 4.69) is 42.6 Å². The van der Waals surface area contributed by atoms with Gasteiger partial charge in [0.15, 0.2) is 0 Å². The first-order valence-electron chi connectivity index (χ1n) is 6.70. The molecule has 0 bridgehead atoms. The summed E-state index contributed by atoms with van der Waals surface area (Å²) < 4.78 is 0. The molecular weight excluding hydrogens is 198 g/mol. The first-order valence-corrected chi connectivity index (χ1v) is 6.70. The molecule has 0 aromatic heterocycles. The minimum Gasteiger partial charge on any atom is -0.309 e. The Morgan fingerprint density at radius 3 is 2.12 bits per heavy atom. The van der Waals surface area contributed by atoms with E-state index in [0.29, 0.717) is 0 Å². The maximum Gasteiger partial charge on any atom is 0.0113 e. The number of hydrogen-bond donors (Lipinski definition) is 0. The second-order valence-electron chi connectivity index (χ2n) is 5.48. The molecule has 1 aliphatic heterocycles. The highest BCUT2D eigenvalue weighted by molar-refractivity contribution is 4.74. The molecule has 0 unspecified atom stereocenters. The lowest BCUT2D eigenvalue weighted by atomic mass is 10.2. The fourth-order valence-corrected chi connectivity index (χ4v) is 2.27. The molecule has 3 heteroatoms. The van der Waals surface area contributed by atoms with Crippen LogP contribution in [-0.2, 0) is 0 Å². The molecule has 0 atom stereocenters. The van der Waals surface area contributed by atoms with Crippen LogP contribution in [0.25, 0.3) is 0 Å². The Kier molecular flexibility index (Phi) is 6.32. The Labute approximate surface area is 101 Å². The maximum absolute atomic E-state index is 2.62. The van der Waals surface area contributed by atoms with Crippen molar-refractivity contribution in [2.24, 2.45) is 0 Å². The SMILES string of the molecule is CC(C)N1CCN(CCCCN(C)C)CC1. The molecule has 0 aromatic rings. The molecule has 1 heterocycles. The quantitative estimate of drug-likeness (QED) is 0.634. The van der Waals surface area contributed by atoms with Crippen LogP contribution in [0, 0.1) is 0 Å². The Hall–Kier alpha value is -0.120. The summed E-state index contributed by atoms with van der Waals surface area (Å²) in [4.78, 5) is 7.47. The van der Waals surface area contributed by atoms with Crippen molar-refractivity contribution < 1.29 is 0 Å². The number of rotatable bonds is 6. The monoisotopic (exact) mass is 227 g/mol. The van der Waals surface area contributed by atoms with Gasteiger partial charge >= 0.3 is 0 Å². The third-order valence-corrected chi connectivity index (χ3v) is 3.47. The smallest absolute Gasteiger partial charge is 0.0113 e. The predicted octanol–water partition coefficient (Wildman–Crippen LogP) is 1.35. The van der Waals surface area contributed by atoms with Crippen molar-refractivity contribution in [2.45, 2.75) is 32.7 Å². The van der Waals surface area contributed by atoms with Gasteiger partial charge in [-0.05, 0) is 53.9 Å². The summed E-state index contributed by atoms with van der Waals surface area (Å²) in [5.41, 5.74) is 0. The van der Waals surface area contributed by atoms with Gasteiger partial charge in [0.1, 0.15) is 0 Å². The lowest BCUT2D eigenvalue weighted by Crippen LogP contribution is -2.48. The maximum atomic E-state index is 2.62. The van der Waals surface area contributed by atoms with Gasteiger partial charge in [0, 0.05) is 32.2 Å². The zero-order valence-electron chi connectivity index (χ0n) is 11.6. The highest BCUT2D eigenvalue weighted by atomic mass is 15.3. The molecule has 3 nitrogen and oxygen atoms in total. The van der Waals surface area contributed by atoms with E-state index in [1.165, 1.54) is 52.1 Å². The second-order valence-corrected chi connectivity index (χ2v) is 5.48. The molecule has 0 radical (unpaired) electrons. The highest BCUT2D eigenvalue weighted by Crippen LogP contribution is 2.06. The largest absolute Gasteiger partial charge is 0.309 e. The van der Waals surface area contributed by atoms with E-state index in [4.69, 9.17) is 0 Å². The van der Waals surface area contributed by atoms with Crippen molar-refractivity contribution in [3.8, 4) is 0 Å². The first-order chi connectivity index (χ1) is 7.59. The molecule has 1 fully saturated rings. The summed E-state index contributed by atoms with van der Waals surface area (Å²) in [6.07, 6.45) is 2.68. The molecule has 1 saturated heterocycles. The average molecular weight is 227 g/mol. The third-order valence-electron chi connectivity index (χ3n) is 3.47. The van der Waals surface area contributed by atoms with E-state index >= 15 is 0 Å². The van der Waals surface area contributed by atoms with Crippen molar-refractivity contribution >= 4 is 0 Å². The second kappa shape index (κ2) is 7.25. The molecule has 1 rings (SSSR count).